The molecule has 0 aliphatic carbocycles. The zero-order chi connectivity index (χ0) is 38.7. The molecule has 3 rings (SSSR count). The minimum Gasteiger partial charge on any atom is -0.494 e. The molecule has 12 atom stereocenters. The minimum atomic E-state index is -1.28. The number of hydrogen-bond acceptors (Lipinski definition) is 13. The molecule has 2 aliphatic heterocycles. The largest absolute Gasteiger partial charge is 0.494 e. The molecular formula is C39H59NO12. The monoisotopic (exact) mass is 733 g/mol. The maximum atomic E-state index is 13.5. The molecule has 1 aromatic carbocycles. The van der Waals surface area contributed by atoms with E-state index in [-0.39, 0.29) is 25.4 Å². The van der Waals surface area contributed by atoms with Gasteiger partial charge in [0.05, 0.1) is 50.1 Å². The lowest BCUT2D eigenvalue weighted by Crippen LogP contribution is -2.63. The Morgan fingerprint density at radius 1 is 1.00 bits per heavy atom. The number of ketones is 1. The zero-order valence-corrected chi connectivity index (χ0v) is 31.7. The standard InChI is InChI=1S/C39H59NO12/c1-9-33-28(21-41)18-22(2)10-15-31(43)23(3)19-27(16-17-48-29-11-13-30(14-12-29)50-26(6)42)38(24(4)32(44)20-34(45)51-33)52-39-37(47)35(40(7)8)36(46)25(5)49-39/h10-15,18,23-25,27-28,32-33,35-39,41,44,46-47H,9,16-17,19-21H2,1-8H3/b15-10+,22-18+/t23-,24+,25-,27+,28-,32-,33-,35+,36-,37-,38-,39+/m1/s1. The van der Waals surface area contributed by atoms with E-state index in [2.05, 4.69) is 0 Å². The van der Waals surface area contributed by atoms with Crippen molar-refractivity contribution in [1.29, 1.82) is 0 Å². The van der Waals surface area contributed by atoms with Crippen LogP contribution in [0.1, 0.15) is 67.2 Å². The molecule has 0 spiro atoms. The summed E-state index contributed by atoms with van der Waals surface area (Å²) in [6, 6.07) is 5.84. The number of likely N-dealkylation sites (N-methyl/N-ethyl adjacent to an activating group) is 1. The Bertz CT molecular complexity index is 1360. The van der Waals surface area contributed by atoms with Crippen molar-refractivity contribution in [2.24, 2.45) is 23.7 Å². The van der Waals surface area contributed by atoms with Gasteiger partial charge in [0.25, 0.3) is 0 Å². The number of ether oxygens (including phenoxy) is 5. The van der Waals surface area contributed by atoms with Crippen LogP contribution in [0.15, 0.2) is 48.1 Å². The quantitative estimate of drug-likeness (QED) is 0.204. The Labute approximate surface area is 307 Å². The van der Waals surface area contributed by atoms with Crippen LogP contribution in [0.4, 0.5) is 0 Å². The van der Waals surface area contributed by atoms with Gasteiger partial charge in [-0.2, -0.15) is 0 Å². The van der Waals surface area contributed by atoms with Crippen LogP contribution in [-0.4, -0.2) is 119 Å². The van der Waals surface area contributed by atoms with E-state index in [1.54, 1.807) is 76.2 Å². The van der Waals surface area contributed by atoms with Gasteiger partial charge in [-0.3, -0.25) is 14.4 Å². The molecule has 13 heteroatoms. The fraction of sp³-hybridized carbons (Fsp3) is 0.667. The molecule has 0 unspecified atom stereocenters. The summed E-state index contributed by atoms with van der Waals surface area (Å²) in [4.78, 5) is 39.8. The summed E-state index contributed by atoms with van der Waals surface area (Å²) in [5.74, 6) is -2.56. The first-order chi connectivity index (χ1) is 24.6. The molecule has 0 saturated carbocycles. The van der Waals surface area contributed by atoms with E-state index in [4.69, 9.17) is 23.7 Å². The molecule has 1 aromatic rings. The maximum Gasteiger partial charge on any atom is 0.308 e. The normalized spacial score (nSPS) is 35.7. The van der Waals surface area contributed by atoms with Gasteiger partial charge >= 0.3 is 11.9 Å². The molecule has 1 saturated heterocycles. The molecular weight excluding hydrogens is 674 g/mol. The SMILES string of the molecule is CC[C@H]1OC(=O)C[C@@H](O)[C@H](C)[C@@H](O[C@@H]2O[C@H](C)[C@@H](O)[C@H](N(C)C)[C@H]2O)[C@@H](CCOc2ccc(OC(C)=O)cc2)C[C@@H](C)C(=O)/C=C/C(C)=C/[C@@H]1CO. The molecule has 2 aliphatic rings. The number of rotatable bonds is 10. The van der Waals surface area contributed by atoms with Crippen molar-refractivity contribution in [1.82, 2.24) is 4.90 Å². The number of aliphatic hydroxyl groups excluding tert-OH is 4. The van der Waals surface area contributed by atoms with Gasteiger partial charge in [0, 0.05) is 24.7 Å². The molecule has 2 heterocycles. The Kier molecular flexibility index (Phi) is 16.9. The number of carbonyl (C=O) groups is 3. The van der Waals surface area contributed by atoms with E-state index in [1.165, 1.54) is 13.0 Å². The molecule has 1 fully saturated rings. The van der Waals surface area contributed by atoms with E-state index in [9.17, 15) is 34.8 Å². The summed E-state index contributed by atoms with van der Waals surface area (Å²) in [5, 5.41) is 44.0. The third-order valence-corrected chi connectivity index (χ3v) is 10.0. The van der Waals surface area contributed by atoms with E-state index in [0.29, 0.717) is 30.8 Å². The molecule has 4 N–H and O–H groups in total. The van der Waals surface area contributed by atoms with E-state index < -0.39 is 84.6 Å². The highest BCUT2D eigenvalue weighted by molar-refractivity contribution is 5.91. The van der Waals surface area contributed by atoms with Gasteiger partial charge in [0.1, 0.15) is 23.7 Å². The van der Waals surface area contributed by atoms with Gasteiger partial charge in [0.15, 0.2) is 12.1 Å². The van der Waals surface area contributed by atoms with Crippen LogP contribution in [-0.2, 0) is 28.6 Å². The van der Waals surface area contributed by atoms with Gasteiger partial charge in [0.2, 0.25) is 0 Å². The second kappa shape index (κ2) is 20.3. The summed E-state index contributed by atoms with van der Waals surface area (Å²) in [7, 11) is 3.47. The molecule has 0 aromatic heterocycles. The highest BCUT2D eigenvalue weighted by Crippen LogP contribution is 2.35. The first-order valence-electron chi connectivity index (χ1n) is 18.2. The first-order valence-corrected chi connectivity index (χ1v) is 18.2. The number of allylic oxidation sites excluding steroid dienone is 3. The van der Waals surface area contributed by atoms with Gasteiger partial charge < -0.3 is 49.0 Å². The van der Waals surface area contributed by atoms with Crippen LogP contribution in [0.2, 0.25) is 0 Å². The van der Waals surface area contributed by atoms with Crippen LogP contribution in [0.3, 0.4) is 0 Å². The van der Waals surface area contributed by atoms with Crippen molar-refractivity contribution in [3.63, 3.8) is 0 Å². The molecule has 13 nitrogen and oxygen atoms in total. The fourth-order valence-electron chi connectivity index (χ4n) is 6.96. The third kappa shape index (κ3) is 12.2. The van der Waals surface area contributed by atoms with Crippen molar-refractivity contribution in [2.45, 2.75) is 116 Å². The summed E-state index contributed by atoms with van der Waals surface area (Å²) >= 11 is 0. The van der Waals surface area contributed by atoms with Crippen molar-refractivity contribution in [2.75, 3.05) is 27.3 Å². The zero-order valence-electron chi connectivity index (χ0n) is 31.7. The van der Waals surface area contributed by atoms with Gasteiger partial charge in [-0.15, -0.1) is 0 Å². The Hall–Kier alpha value is -3.17. The second-order valence-corrected chi connectivity index (χ2v) is 14.4. The van der Waals surface area contributed by atoms with Crippen LogP contribution >= 0.6 is 0 Å². The van der Waals surface area contributed by atoms with Crippen LogP contribution in [0.5, 0.6) is 11.5 Å². The molecule has 0 bridgehead atoms. The summed E-state index contributed by atoms with van der Waals surface area (Å²) in [5.41, 5.74) is 0.718. The predicted octanol–water partition coefficient (Wildman–Crippen LogP) is 3.21. The first kappa shape index (κ1) is 43.2. The average Bonchev–Trinajstić information content (AvgIpc) is 3.08. The second-order valence-electron chi connectivity index (χ2n) is 14.4. The average molecular weight is 734 g/mol. The number of aliphatic hydroxyl groups is 4. The summed E-state index contributed by atoms with van der Waals surface area (Å²) < 4.78 is 29.6. The molecule has 292 valence electrons. The van der Waals surface area contributed by atoms with Gasteiger partial charge in [-0.05, 0) is 83.5 Å². The van der Waals surface area contributed by atoms with Crippen molar-refractivity contribution in [3.8, 4) is 11.5 Å². The van der Waals surface area contributed by atoms with E-state index in [0.717, 1.165) is 5.57 Å². The van der Waals surface area contributed by atoms with E-state index >= 15 is 0 Å². The maximum absolute atomic E-state index is 13.5. The molecule has 0 amide bonds. The molecule has 0 radical (unpaired) electrons. The minimum absolute atomic E-state index is 0.142. The lowest BCUT2D eigenvalue weighted by Gasteiger charge is -2.46. The lowest BCUT2D eigenvalue weighted by atomic mass is 9.79. The molecule has 52 heavy (non-hydrogen) atoms. The smallest absolute Gasteiger partial charge is 0.308 e. The topological polar surface area (TPSA) is 182 Å². The number of hydrogen-bond donors (Lipinski definition) is 4. The fourth-order valence-corrected chi connectivity index (χ4v) is 6.96. The third-order valence-electron chi connectivity index (χ3n) is 10.0. The number of benzene rings is 1. The van der Waals surface area contributed by atoms with E-state index in [1.807, 2.05) is 13.8 Å². The summed E-state index contributed by atoms with van der Waals surface area (Å²) in [6.45, 7) is 10.1. The Morgan fingerprint density at radius 2 is 1.65 bits per heavy atom. The van der Waals surface area contributed by atoms with Gasteiger partial charge in [-0.25, -0.2) is 0 Å². The number of nitrogens with zero attached hydrogens (tertiary/aromatic N) is 1. The Morgan fingerprint density at radius 3 is 2.25 bits per heavy atom. The lowest BCUT2D eigenvalue weighted by molar-refractivity contribution is -0.304. The summed E-state index contributed by atoms with van der Waals surface area (Å²) in [6.07, 6.45) is -1.36. The van der Waals surface area contributed by atoms with Crippen LogP contribution in [0.25, 0.3) is 0 Å². The number of carbonyl (C=O) groups excluding carboxylic acids is 3. The van der Waals surface area contributed by atoms with Crippen molar-refractivity contribution >= 4 is 17.7 Å². The van der Waals surface area contributed by atoms with Crippen LogP contribution in [0, 0.1) is 23.7 Å². The van der Waals surface area contributed by atoms with Crippen molar-refractivity contribution < 1.29 is 58.5 Å². The van der Waals surface area contributed by atoms with Gasteiger partial charge in [-0.1, -0.05) is 38.5 Å². The highest BCUT2D eigenvalue weighted by atomic mass is 16.7. The highest BCUT2D eigenvalue weighted by Gasteiger charge is 2.47. The van der Waals surface area contributed by atoms with Crippen molar-refractivity contribution in [3.05, 3.63) is 48.1 Å². The predicted molar refractivity (Wildman–Crippen MR) is 192 cm³/mol. The number of cyclic esters (lactones) is 1. The van der Waals surface area contributed by atoms with Crippen LogP contribution < -0.4 is 9.47 Å². The number of esters is 2. The Balaban J connectivity index is 2.02.